The number of aliphatic imine (C=N–C) groups is 1. The van der Waals surface area contributed by atoms with Crippen LogP contribution in [0.3, 0.4) is 0 Å². The number of aldehydes is 1. The van der Waals surface area contributed by atoms with Crippen LogP contribution in [-0.2, 0) is 9.59 Å². The summed E-state index contributed by atoms with van der Waals surface area (Å²) in [6, 6.07) is 14.9. The topological polar surface area (TPSA) is 82.9 Å². The van der Waals surface area contributed by atoms with E-state index in [-0.39, 0.29) is 12.3 Å². The number of rotatable bonds is 5. The van der Waals surface area contributed by atoms with Gasteiger partial charge in [0.05, 0.1) is 11.1 Å². The predicted octanol–water partition coefficient (Wildman–Crippen LogP) is 1.13. The number of benzene rings is 2. The molecule has 1 atom stereocenters. The molecule has 0 bridgehead atoms. The first-order chi connectivity index (χ1) is 12.5. The Morgan fingerprint density at radius 1 is 1.23 bits per heavy atom. The van der Waals surface area contributed by atoms with Crippen molar-refractivity contribution in [2.75, 3.05) is 0 Å². The lowest BCUT2D eigenvalue weighted by Gasteiger charge is -2.24. The minimum atomic E-state index is -1.19. The van der Waals surface area contributed by atoms with Gasteiger partial charge in [-0.15, -0.1) is 0 Å². The van der Waals surface area contributed by atoms with Crippen molar-refractivity contribution in [1.82, 2.24) is 10.9 Å². The van der Waals surface area contributed by atoms with Crippen LogP contribution in [0.4, 0.5) is 0 Å². The summed E-state index contributed by atoms with van der Waals surface area (Å²) >= 11 is 6.18. The van der Waals surface area contributed by atoms with Crippen molar-refractivity contribution in [3.63, 3.8) is 0 Å². The molecule has 0 radical (unpaired) electrons. The van der Waals surface area contributed by atoms with Crippen LogP contribution in [0.5, 0.6) is 0 Å². The van der Waals surface area contributed by atoms with Crippen LogP contribution in [0.1, 0.15) is 18.9 Å². The molecule has 7 heteroatoms. The number of fused-ring (bicyclic) bond motifs is 1. The van der Waals surface area contributed by atoms with Gasteiger partial charge in [0.25, 0.3) is 0 Å². The molecule has 6 nitrogen and oxygen atoms in total. The van der Waals surface area contributed by atoms with E-state index < -0.39 is 5.66 Å². The van der Waals surface area contributed by atoms with Gasteiger partial charge in [-0.05, 0) is 18.2 Å². The summed E-state index contributed by atoms with van der Waals surface area (Å²) in [5.74, 6) is -0.299. The molecule has 0 saturated carbocycles. The third kappa shape index (κ3) is 3.87. The largest absolute Gasteiger partial charge is 0.303 e. The van der Waals surface area contributed by atoms with Crippen molar-refractivity contribution >= 4 is 35.7 Å². The van der Waals surface area contributed by atoms with Crippen LogP contribution < -0.4 is 21.4 Å². The van der Waals surface area contributed by atoms with E-state index >= 15 is 0 Å². The molecule has 1 heterocycles. The van der Waals surface area contributed by atoms with E-state index in [1.807, 2.05) is 30.3 Å². The Labute approximate surface area is 155 Å². The maximum Gasteiger partial charge on any atom is 0.231 e. The van der Waals surface area contributed by atoms with Gasteiger partial charge in [-0.3, -0.25) is 20.2 Å². The molecule has 26 heavy (non-hydrogen) atoms. The van der Waals surface area contributed by atoms with Crippen molar-refractivity contribution in [3.8, 4) is 0 Å². The molecule has 1 aliphatic heterocycles. The molecule has 2 aromatic rings. The second-order valence-electron chi connectivity index (χ2n) is 5.85. The Morgan fingerprint density at radius 3 is 2.69 bits per heavy atom. The minimum absolute atomic E-state index is 0.000909. The first-order valence-electron chi connectivity index (χ1n) is 8.01. The van der Waals surface area contributed by atoms with Gasteiger partial charge in [0.15, 0.2) is 5.66 Å². The number of hydrazine groups is 1. The summed E-state index contributed by atoms with van der Waals surface area (Å²) in [5, 5.41) is 1.92. The molecule has 1 aliphatic rings. The van der Waals surface area contributed by atoms with Crippen LogP contribution in [0.15, 0.2) is 58.5 Å². The van der Waals surface area contributed by atoms with Crippen LogP contribution >= 0.6 is 11.6 Å². The molecule has 0 saturated heterocycles. The monoisotopic (exact) mass is 368 g/mol. The average molecular weight is 369 g/mol. The van der Waals surface area contributed by atoms with E-state index in [2.05, 4.69) is 20.8 Å². The van der Waals surface area contributed by atoms with Crippen molar-refractivity contribution in [2.45, 2.75) is 19.0 Å². The highest BCUT2D eigenvalue weighted by atomic mass is 35.5. The molecule has 2 N–H and O–H groups in total. The summed E-state index contributed by atoms with van der Waals surface area (Å²) in [6.45, 7) is 1.37. The van der Waals surface area contributed by atoms with Gasteiger partial charge < -0.3 is 4.79 Å². The first kappa shape index (κ1) is 18.0. The number of nitrogens with one attached hydrogen (secondary N) is 2. The second-order valence-corrected chi connectivity index (χ2v) is 6.28. The third-order valence-corrected chi connectivity index (χ3v) is 4.07. The average Bonchev–Trinajstić information content (AvgIpc) is 2.78. The van der Waals surface area contributed by atoms with Gasteiger partial charge >= 0.3 is 0 Å². The molecule has 0 aromatic heterocycles. The van der Waals surface area contributed by atoms with Crippen molar-refractivity contribution in [1.29, 1.82) is 0 Å². The third-order valence-electron chi connectivity index (χ3n) is 3.84. The van der Waals surface area contributed by atoms with Gasteiger partial charge in [0.1, 0.15) is 6.29 Å². The highest BCUT2D eigenvalue weighted by molar-refractivity contribution is 6.30. The molecular weight excluding hydrogens is 352 g/mol. The standard InChI is InChI=1S/C19H17ClN4O2/c1-13(26)23-24-19(9-10-25)12-21-18(14-5-3-2-4-6-14)16-11-15(20)7-8-17(16)22-19/h2-8,10-12,24H,9H2,1H3,(H,23,26). The van der Waals surface area contributed by atoms with Gasteiger partial charge in [0, 0.05) is 35.4 Å². The van der Waals surface area contributed by atoms with E-state index in [0.717, 1.165) is 17.1 Å². The van der Waals surface area contributed by atoms with Gasteiger partial charge in [-0.2, -0.15) is 0 Å². The lowest BCUT2D eigenvalue weighted by atomic mass is 10.1. The number of halogens is 1. The highest BCUT2D eigenvalue weighted by Crippen LogP contribution is 2.17. The molecule has 1 amide bonds. The Balaban J connectivity index is 2.25. The fourth-order valence-electron chi connectivity index (χ4n) is 2.64. The summed E-state index contributed by atoms with van der Waals surface area (Å²) in [7, 11) is 0. The van der Waals surface area contributed by atoms with Gasteiger partial charge in [0.2, 0.25) is 5.91 Å². The van der Waals surface area contributed by atoms with Crippen LogP contribution in [0.25, 0.3) is 5.70 Å². The Hall–Kier alpha value is -2.83. The van der Waals surface area contributed by atoms with Crippen molar-refractivity contribution < 1.29 is 9.59 Å². The fraction of sp³-hybridized carbons (Fsp3) is 0.158. The van der Waals surface area contributed by atoms with Crippen LogP contribution in [0, 0.1) is 0 Å². The maximum atomic E-state index is 11.3. The molecule has 3 rings (SSSR count). The number of hydrogen-bond donors (Lipinski definition) is 2. The second kappa shape index (κ2) is 7.59. The molecular formula is C19H17ClN4O2. The summed E-state index contributed by atoms with van der Waals surface area (Å²) < 4.78 is 0. The zero-order chi connectivity index (χ0) is 18.6. The number of carbonyl (C=O) groups excluding carboxylic acids is 2. The SMILES string of the molecule is CC(=O)NNC1(CC=O)C=NC(c2ccccc2)=c2cc(Cl)ccc2=N1. The van der Waals surface area contributed by atoms with E-state index in [0.29, 0.717) is 16.1 Å². The first-order valence-corrected chi connectivity index (χ1v) is 8.38. The molecule has 0 fully saturated rings. The van der Waals surface area contributed by atoms with E-state index in [1.165, 1.54) is 13.1 Å². The predicted molar refractivity (Wildman–Crippen MR) is 100 cm³/mol. The lowest BCUT2D eigenvalue weighted by Crippen LogP contribution is -2.55. The Kier molecular flexibility index (Phi) is 5.25. The summed E-state index contributed by atoms with van der Waals surface area (Å²) in [5.41, 5.74) is 5.70. The smallest absolute Gasteiger partial charge is 0.231 e. The zero-order valence-corrected chi connectivity index (χ0v) is 14.8. The Morgan fingerprint density at radius 2 is 2.00 bits per heavy atom. The van der Waals surface area contributed by atoms with Gasteiger partial charge in [-0.1, -0.05) is 41.9 Å². The van der Waals surface area contributed by atoms with E-state index in [9.17, 15) is 9.59 Å². The quantitative estimate of drug-likeness (QED) is 0.613. The summed E-state index contributed by atoms with van der Waals surface area (Å²) in [4.78, 5) is 31.8. The highest BCUT2D eigenvalue weighted by Gasteiger charge is 2.28. The number of nitrogens with zero attached hydrogens (tertiary/aromatic N) is 2. The minimum Gasteiger partial charge on any atom is -0.303 e. The molecule has 0 spiro atoms. The van der Waals surface area contributed by atoms with Crippen LogP contribution in [0.2, 0.25) is 5.02 Å². The zero-order valence-electron chi connectivity index (χ0n) is 14.1. The van der Waals surface area contributed by atoms with E-state index in [1.54, 1.807) is 18.2 Å². The number of amides is 1. The van der Waals surface area contributed by atoms with Crippen molar-refractivity contribution in [3.05, 3.63) is 69.7 Å². The molecule has 132 valence electrons. The Bertz CT molecular complexity index is 988. The van der Waals surface area contributed by atoms with Crippen molar-refractivity contribution in [2.24, 2.45) is 9.98 Å². The van der Waals surface area contributed by atoms with Gasteiger partial charge in [-0.25, -0.2) is 5.43 Å². The maximum absolute atomic E-state index is 11.3. The molecule has 1 unspecified atom stereocenters. The number of carbonyl (C=O) groups is 2. The normalized spacial score (nSPS) is 18.5. The summed E-state index contributed by atoms with van der Waals surface area (Å²) in [6.07, 6.45) is 2.27. The van der Waals surface area contributed by atoms with Crippen LogP contribution in [-0.4, -0.2) is 24.1 Å². The number of hydrogen-bond acceptors (Lipinski definition) is 5. The lowest BCUT2D eigenvalue weighted by molar-refractivity contribution is -0.120. The fourth-order valence-corrected chi connectivity index (χ4v) is 2.81. The molecule has 2 aromatic carbocycles. The van der Waals surface area contributed by atoms with E-state index in [4.69, 9.17) is 11.6 Å². The molecule has 0 aliphatic carbocycles.